The van der Waals surface area contributed by atoms with Gasteiger partial charge < -0.3 is 15.9 Å². The number of hydrogen-bond donors (Lipinski definition) is 3. The van der Waals surface area contributed by atoms with Crippen molar-refractivity contribution >= 4 is 5.97 Å². The standard InChI is InChI=1S/C10H11NO3/c11-7-4-2-5-1-3-6(10(13)14)9(12)8(5)7/h1,3,7,12H,2,4,11H2,(H,13,14)/t7-/m1/s1. The van der Waals surface area contributed by atoms with Crippen molar-refractivity contribution in [3.63, 3.8) is 0 Å². The molecular weight excluding hydrogens is 182 g/mol. The molecule has 1 aliphatic rings. The lowest BCUT2D eigenvalue weighted by molar-refractivity contribution is 0.0693. The van der Waals surface area contributed by atoms with Crippen molar-refractivity contribution in [2.24, 2.45) is 5.73 Å². The van der Waals surface area contributed by atoms with E-state index in [0.29, 0.717) is 5.56 Å². The Morgan fingerprint density at radius 1 is 1.50 bits per heavy atom. The molecule has 0 saturated heterocycles. The van der Waals surface area contributed by atoms with Crippen LogP contribution in [0.15, 0.2) is 12.1 Å². The number of rotatable bonds is 1. The Kier molecular flexibility index (Phi) is 1.93. The minimum atomic E-state index is -1.12. The van der Waals surface area contributed by atoms with Crippen LogP contribution in [-0.2, 0) is 6.42 Å². The third-order valence-electron chi connectivity index (χ3n) is 2.63. The van der Waals surface area contributed by atoms with Gasteiger partial charge in [-0.3, -0.25) is 0 Å². The van der Waals surface area contributed by atoms with E-state index in [-0.39, 0.29) is 17.4 Å². The van der Waals surface area contributed by atoms with Gasteiger partial charge in [0.1, 0.15) is 11.3 Å². The molecule has 74 valence electrons. The first-order chi connectivity index (χ1) is 6.61. The molecule has 1 aromatic rings. The number of hydrogen-bond acceptors (Lipinski definition) is 3. The SMILES string of the molecule is N[C@@H]1CCc2ccc(C(=O)O)c(O)c21. The zero-order chi connectivity index (χ0) is 10.3. The van der Waals surface area contributed by atoms with Gasteiger partial charge in [0.15, 0.2) is 0 Å². The average molecular weight is 193 g/mol. The van der Waals surface area contributed by atoms with E-state index in [1.54, 1.807) is 6.07 Å². The number of phenols is 1. The van der Waals surface area contributed by atoms with E-state index in [1.165, 1.54) is 6.07 Å². The summed E-state index contributed by atoms with van der Waals surface area (Å²) in [6.07, 6.45) is 1.58. The Labute approximate surface area is 81.0 Å². The van der Waals surface area contributed by atoms with Crippen LogP contribution >= 0.6 is 0 Å². The normalized spacial score (nSPS) is 19.4. The van der Waals surface area contributed by atoms with E-state index >= 15 is 0 Å². The molecule has 1 atom stereocenters. The summed E-state index contributed by atoms with van der Waals surface area (Å²) in [7, 11) is 0. The molecule has 4 N–H and O–H groups in total. The highest BCUT2D eigenvalue weighted by Gasteiger charge is 2.25. The van der Waals surface area contributed by atoms with Gasteiger partial charge in [-0.2, -0.15) is 0 Å². The number of carboxylic acid groups (broad SMARTS) is 1. The van der Waals surface area contributed by atoms with Crippen LogP contribution in [0.5, 0.6) is 5.75 Å². The monoisotopic (exact) mass is 193 g/mol. The molecule has 0 amide bonds. The maximum Gasteiger partial charge on any atom is 0.339 e. The smallest absolute Gasteiger partial charge is 0.339 e. The molecule has 4 nitrogen and oxygen atoms in total. The van der Waals surface area contributed by atoms with Gasteiger partial charge in [-0.25, -0.2) is 4.79 Å². The van der Waals surface area contributed by atoms with Crippen LogP contribution in [0, 0.1) is 0 Å². The van der Waals surface area contributed by atoms with E-state index < -0.39 is 5.97 Å². The number of fused-ring (bicyclic) bond motifs is 1. The van der Waals surface area contributed by atoms with Gasteiger partial charge in [0.05, 0.1) is 0 Å². The van der Waals surface area contributed by atoms with Crippen LogP contribution in [0.25, 0.3) is 0 Å². The van der Waals surface area contributed by atoms with Crippen LogP contribution in [0.3, 0.4) is 0 Å². The third kappa shape index (κ3) is 1.15. The number of nitrogens with two attached hydrogens (primary N) is 1. The molecule has 0 bridgehead atoms. The number of aromatic hydroxyl groups is 1. The lowest BCUT2D eigenvalue weighted by Crippen LogP contribution is -2.07. The van der Waals surface area contributed by atoms with Crippen molar-refractivity contribution in [3.8, 4) is 5.75 Å². The van der Waals surface area contributed by atoms with Crippen LogP contribution in [0.4, 0.5) is 0 Å². The largest absolute Gasteiger partial charge is 0.507 e. The van der Waals surface area contributed by atoms with E-state index in [9.17, 15) is 9.90 Å². The van der Waals surface area contributed by atoms with Gasteiger partial charge in [0.2, 0.25) is 0 Å². The summed E-state index contributed by atoms with van der Waals surface area (Å²) in [5.41, 5.74) is 7.25. The minimum Gasteiger partial charge on any atom is -0.507 e. The first-order valence-electron chi connectivity index (χ1n) is 4.45. The fraction of sp³-hybridized carbons (Fsp3) is 0.300. The number of aromatic carboxylic acids is 1. The highest BCUT2D eigenvalue weighted by molar-refractivity contribution is 5.91. The van der Waals surface area contributed by atoms with Crippen molar-refractivity contribution in [2.45, 2.75) is 18.9 Å². The summed E-state index contributed by atoms with van der Waals surface area (Å²) in [5.74, 6) is -1.29. The maximum absolute atomic E-state index is 10.7. The van der Waals surface area contributed by atoms with E-state index in [4.69, 9.17) is 10.8 Å². The number of aryl methyl sites for hydroxylation is 1. The lowest BCUT2D eigenvalue weighted by atomic mass is 10.0. The van der Waals surface area contributed by atoms with E-state index in [0.717, 1.165) is 18.4 Å². The van der Waals surface area contributed by atoms with Crippen LogP contribution in [-0.4, -0.2) is 16.2 Å². The summed E-state index contributed by atoms with van der Waals surface area (Å²) in [4.78, 5) is 10.7. The number of carbonyl (C=O) groups is 1. The highest BCUT2D eigenvalue weighted by atomic mass is 16.4. The summed E-state index contributed by atoms with van der Waals surface area (Å²) < 4.78 is 0. The molecule has 0 aromatic heterocycles. The maximum atomic E-state index is 10.7. The van der Waals surface area contributed by atoms with E-state index in [2.05, 4.69) is 0 Å². The van der Waals surface area contributed by atoms with Gasteiger partial charge in [-0.05, 0) is 24.5 Å². The van der Waals surface area contributed by atoms with Crippen molar-refractivity contribution in [1.82, 2.24) is 0 Å². The van der Waals surface area contributed by atoms with Crippen LogP contribution in [0.1, 0.15) is 33.9 Å². The Balaban J connectivity index is 2.61. The van der Waals surface area contributed by atoms with Crippen molar-refractivity contribution in [1.29, 1.82) is 0 Å². The first kappa shape index (κ1) is 9.02. The van der Waals surface area contributed by atoms with Gasteiger partial charge >= 0.3 is 5.97 Å². The first-order valence-corrected chi connectivity index (χ1v) is 4.45. The van der Waals surface area contributed by atoms with Crippen molar-refractivity contribution in [2.75, 3.05) is 0 Å². The van der Waals surface area contributed by atoms with Gasteiger partial charge in [-0.15, -0.1) is 0 Å². The Morgan fingerprint density at radius 2 is 2.21 bits per heavy atom. The second-order valence-electron chi connectivity index (χ2n) is 3.48. The molecule has 0 fully saturated rings. The highest BCUT2D eigenvalue weighted by Crippen LogP contribution is 2.37. The molecule has 4 heteroatoms. The Bertz CT molecular complexity index is 401. The Hall–Kier alpha value is -1.55. The average Bonchev–Trinajstić information content (AvgIpc) is 2.48. The molecule has 1 aliphatic carbocycles. The second-order valence-corrected chi connectivity index (χ2v) is 3.48. The fourth-order valence-corrected chi connectivity index (χ4v) is 1.91. The van der Waals surface area contributed by atoms with Crippen LogP contribution < -0.4 is 5.73 Å². The molecule has 0 saturated carbocycles. The molecule has 0 spiro atoms. The molecule has 1 aromatic carbocycles. The van der Waals surface area contributed by atoms with Gasteiger partial charge in [-0.1, -0.05) is 6.07 Å². The third-order valence-corrected chi connectivity index (χ3v) is 2.63. The zero-order valence-electron chi connectivity index (χ0n) is 7.53. The van der Waals surface area contributed by atoms with Crippen molar-refractivity contribution < 1.29 is 15.0 Å². The lowest BCUT2D eigenvalue weighted by Gasteiger charge is -2.09. The topological polar surface area (TPSA) is 83.6 Å². The molecule has 14 heavy (non-hydrogen) atoms. The summed E-state index contributed by atoms with van der Waals surface area (Å²) >= 11 is 0. The number of benzene rings is 1. The summed E-state index contributed by atoms with van der Waals surface area (Å²) in [5, 5.41) is 18.5. The predicted octanol–water partition coefficient (Wildman–Crippen LogP) is 1.04. The molecular formula is C10H11NO3. The molecule has 0 unspecified atom stereocenters. The molecule has 2 rings (SSSR count). The van der Waals surface area contributed by atoms with Gasteiger partial charge in [0, 0.05) is 11.6 Å². The molecule has 0 radical (unpaired) electrons. The summed E-state index contributed by atoms with van der Waals surface area (Å²) in [6, 6.07) is 2.92. The van der Waals surface area contributed by atoms with E-state index in [1.807, 2.05) is 0 Å². The summed E-state index contributed by atoms with van der Waals surface area (Å²) in [6.45, 7) is 0. The zero-order valence-corrected chi connectivity index (χ0v) is 7.53. The predicted molar refractivity (Wildman–Crippen MR) is 50.3 cm³/mol. The second kappa shape index (κ2) is 2.99. The minimum absolute atomic E-state index is 0.0684. The van der Waals surface area contributed by atoms with Gasteiger partial charge in [0.25, 0.3) is 0 Å². The van der Waals surface area contributed by atoms with Crippen LogP contribution in [0.2, 0.25) is 0 Å². The number of carboxylic acids is 1. The van der Waals surface area contributed by atoms with Crippen molar-refractivity contribution in [3.05, 3.63) is 28.8 Å². The Morgan fingerprint density at radius 3 is 2.86 bits per heavy atom. The quantitative estimate of drug-likeness (QED) is 0.622. The molecule has 0 aliphatic heterocycles. The molecule has 0 heterocycles. The fourth-order valence-electron chi connectivity index (χ4n) is 1.91.